The van der Waals surface area contributed by atoms with E-state index in [4.69, 9.17) is 0 Å². The molecule has 0 radical (unpaired) electrons. The number of pyridine rings is 1. The first-order chi connectivity index (χ1) is 13.4. The van der Waals surface area contributed by atoms with Crippen LogP contribution >= 0.6 is 11.3 Å². The number of para-hydroxylation sites is 1. The van der Waals surface area contributed by atoms with Crippen LogP contribution in [0.4, 0.5) is 5.13 Å². The highest BCUT2D eigenvalue weighted by molar-refractivity contribution is 7.90. The number of carbonyl (C=O) groups is 1. The number of hydrogen-bond donors (Lipinski definition) is 1. The van der Waals surface area contributed by atoms with E-state index in [2.05, 4.69) is 15.3 Å². The van der Waals surface area contributed by atoms with E-state index in [1.807, 2.05) is 30.3 Å². The highest BCUT2D eigenvalue weighted by Crippen LogP contribution is 2.28. The Morgan fingerprint density at radius 1 is 1.14 bits per heavy atom. The van der Waals surface area contributed by atoms with Crippen LogP contribution in [0, 0.1) is 0 Å². The quantitative estimate of drug-likeness (QED) is 0.517. The summed E-state index contributed by atoms with van der Waals surface area (Å²) in [6.45, 7) is 0. The lowest BCUT2D eigenvalue weighted by Crippen LogP contribution is -2.07. The average molecular weight is 409 g/mol. The molecular weight excluding hydrogens is 394 g/mol. The molecule has 0 atom stereocenters. The van der Waals surface area contributed by atoms with Gasteiger partial charge in [-0.1, -0.05) is 35.6 Å². The van der Waals surface area contributed by atoms with Gasteiger partial charge in [-0.2, -0.15) is 0 Å². The molecule has 4 rings (SSSR count). The van der Waals surface area contributed by atoms with Gasteiger partial charge in [-0.15, -0.1) is 0 Å². The van der Waals surface area contributed by atoms with Crippen LogP contribution in [0.1, 0.15) is 5.56 Å². The van der Waals surface area contributed by atoms with Gasteiger partial charge in [0.25, 0.3) is 0 Å². The van der Waals surface area contributed by atoms with E-state index in [-0.39, 0.29) is 10.8 Å². The summed E-state index contributed by atoms with van der Waals surface area (Å²) in [6.07, 6.45) is 6.01. The van der Waals surface area contributed by atoms with E-state index in [1.165, 1.54) is 23.5 Å². The van der Waals surface area contributed by atoms with Crippen molar-refractivity contribution in [2.45, 2.75) is 4.90 Å². The Bertz CT molecular complexity index is 1340. The van der Waals surface area contributed by atoms with Crippen molar-refractivity contribution >= 4 is 59.4 Å². The predicted molar refractivity (Wildman–Crippen MR) is 112 cm³/mol. The molecule has 2 aromatic carbocycles. The van der Waals surface area contributed by atoms with Crippen molar-refractivity contribution < 1.29 is 13.2 Å². The fraction of sp³-hybridized carbons (Fsp3) is 0.0500. The number of rotatable bonds is 4. The number of aromatic nitrogens is 2. The van der Waals surface area contributed by atoms with Crippen molar-refractivity contribution in [3.05, 3.63) is 66.4 Å². The maximum absolute atomic E-state index is 12.3. The Balaban J connectivity index is 1.55. The van der Waals surface area contributed by atoms with Crippen LogP contribution in [0.15, 0.2) is 65.7 Å². The Morgan fingerprint density at radius 2 is 1.96 bits per heavy atom. The monoisotopic (exact) mass is 409 g/mol. The third-order valence-corrected chi connectivity index (χ3v) is 6.14. The van der Waals surface area contributed by atoms with Gasteiger partial charge in [-0.3, -0.25) is 15.1 Å². The molecular formula is C20H15N3O3S2. The summed E-state index contributed by atoms with van der Waals surface area (Å²) in [7, 11) is -3.29. The fourth-order valence-electron chi connectivity index (χ4n) is 2.76. The summed E-state index contributed by atoms with van der Waals surface area (Å²) in [6, 6.07) is 14.3. The SMILES string of the molecule is CS(=O)(=O)c1ccc2nc(NC(=O)/C=C/c3cccc4cccnc34)sc2c1. The van der Waals surface area contributed by atoms with Crippen molar-refractivity contribution in [3.8, 4) is 0 Å². The van der Waals surface area contributed by atoms with Gasteiger partial charge in [0.1, 0.15) is 0 Å². The van der Waals surface area contributed by atoms with Gasteiger partial charge in [0, 0.05) is 29.5 Å². The van der Waals surface area contributed by atoms with Gasteiger partial charge in [-0.25, -0.2) is 13.4 Å². The summed E-state index contributed by atoms with van der Waals surface area (Å²) < 4.78 is 24.0. The molecule has 0 unspecified atom stereocenters. The molecule has 0 saturated heterocycles. The van der Waals surface area contributed by atoms with Crippen LogP contribution in [0.25, 0.3) is 27.2 Å². The normalized spacial score (nSPS) is 12.0. The standard InChI is InChI=1S/C20H15N3O3S2/c1-28(25,26)15-8-9-16-17(12-15)27-20(22-16)23-18(24)10-7-14-5-2-4-13-6-3-11-21-19(13)14/h2-12H,1H3,(H,22,23,24)/b10-7+. The second-order valence-electron chi connectivity index (χ2n) is 6.17. The molecule has 0 spiro atoms. The number of sulfone groups is 1. The molecule has 0 aliphatic rings. The van der Waals surface area contributed by atoms with Gasteiger partial charge in [0.05, 0.1) is 20.6 Å². The minimum absolute atomic E-state index is 0.227. The molecule has 2 aromatic heterocycles. The van der Waals surface area contributed by atoms with E-state index in [9.17, 15) is 13.2 Å². The molecule has 6 nitrogen and oxygen atoms in total. The largest absolute Gasteiger partial charge is 0.298 e. The van der Waals surface area contributed by atoms with Crippen molar-refractivity contribution in [1.29, 1.82) is 0 Å². The fourth-order valence-corrected chi connectivity index (χ4v) is 4.39. The van der Waals surface area contributed by atoms with Gasteiger partial charge in [0.15, 0.2) is 15.0 Å². The number of anilines is 1. The zero-order chi connectivity index (χ0) is 19.7. The summed E-state index contributed by atoms with van der Waals surface area (Å²) >= 11 is 1.23. The van der Waals surface area contributed by atoms with E-state index in [0.717, 1.165) is 22.7 Å². The van der Waals surface area contributed by atoms with Gasteiger partial charge in [0.2, 0.25) is 5.91 Å². The second kappa shape index (κ2) is 7.14. The first-order valence-electron chi connectivity index (χ1n) is 8.34. The minimum atomic E-state index is -3.29. The minimum Gasteiger partial charge on any atom is -0.298 e. The average Bonchev–Trinajstić information content (AvgIpc) is 3.07. The van der Waals surface area contributed by atoms with Crippen LogP contribution in [-0.2, 0) is 14.6 Å². The molecule has 28 heavy (non-hydrogen) atoms. The van der Waals surface area contributed by atoms with E-state index in [1.54, 1.807) is 24.4 Å². The Morgan fingerprint density at radius 3 is 2.79 bits per heavy atom. The molecule has 1 amide bonds. The van der Waals surface area contributed by atoms with Gasteiger partial charge < -0.3 is 0 Å². The summed E-state index contributed by atoms with van der Waals surface area (Å²) in [5.41, 5.74) is 2.30. The summed E-state index contributed by atoms with van der Waals surface area (Å²) in [5.74, 6) is -0.324. The smallest absolute Gasteiger partial charge is 0.250 e. The number of thiazole rings is 1. The molecule has 140 valence electrons. The number of hydrogen-bond acceptors (Lipinski definition) is 6. The van der Waals surface area contributed by atoms with E-state index in [0.29, 0.717) is 15.3 Å². The van der Waals surface area contributed by atoms with Gasteiger partial charge >= 0.3 is 0 Å². The summed E-state index contributed by atoms with van der Waals surface area (Å²) in [5, 5.41) is 4.13. The Kier molecular flexibility index (Phi) is 4.66. The predicted octanol–water partition coefficient (Wildman–Crippen LogP) is 3.90. The van der Waals surface area contributed by atoms with Crippen molar-refractivity contribution in [2.24, 2.45) is 0 Å². The lowest BCUT2D eigenvalue weighted by Gasteiger charge is -2.00. The molecule has 0 saturated carbocycles. The summed E-state index contributed by atoms with van der Waals surface area (Å²) in [4.78, 5) is 21.2. The lowest BCUT2D eigenvalue weighted by molar-refractivity contribution is -0.111. The van der Waals surface area contributed by atoms with Crippen molar-refractivity contribution in [2.75, 3.05) is 11.6 Å². The van der Waals surface area contributed by atoms with E-state index < -0.39 is 9.84 Å². The van der Waals surface area contributed by atoms with Crippen LogP contribution in [0.5, 0.6) is 0 Å². The third kappa shape index (κ3) is 3.78. The molecule has 0 aliphatic heterocycles. The number of amides is 1. The Labute approximate surface area is 165 Å². The highest BCUT2D eigenvalue weighted by Gasteiger charge is 2.11. The van der Waals surface area contributed by atoms with Gasteiger partial charge in [-0.05, 0) is 30.3 Å². The van der Waals surface area contributed by atoms with Crippen molar-refractivity contribution in [3.63, 3.8) is 0 Å². The highest BCUT2D eigenvalue weighted by atomic mass is 32.2. The molecule has 8 heteroatoms. The Hall–Kier alpha value is -3.10. The van der Waals surface area contributed by atoms with Crippen LogP contribution in [-0.4, -0.2) is 30.5 Å². The molecule has 0 bridgehead atoms. The molecule has 4 aromatic rings. The molecule has 0 fully saturated rings. The maximum atomic E-state index is 12.3. The first-order valence-corrected chi connectivity index (χ1v) is 11.0. The number of benzene rings is 2. The second-order valence-corrected chi connectivity index (χ2v) is 9.21. The van der Waals surface area contributed by atoms with E-state index >= 15 is 0 Å². The number of nitrogens with one attached hydrogen (secondary N) is 1. The molecule has 1 N–H and O–H groups in total. The van der Waals surface area contributed by atoms with Crippen molar-refractivity contribution in [1.82, 2.24) is 9.97 Å². The molecule has 0 aliphatic carbocycles. The van der Waals surface area contributed by atoms with Crippen LogP contribution in [0.2, 0.25) is 0 Å². The zero-order valence-electron chi connectivity index (χ0n) is 14.8. The topological polar surface area (TPSA) is 89.0 Å². The van der Waals surface area contributed by atoms with Crippen LogP contribution in [0.3, 0.4) is 0 Å². The third-order valence-electron chi connectivity index (χ3n) is 4.10. The lowest BCUT2D eigenvalue weighted by atomic mass is 10.1. The number of fused-ring (bicyclic) bond motifs is 2. The number of carbonyl (C=O) groups excluding carboxylic acids is 1. The molecule has 2 heterocycles. The van der Waals surface area contributed by atoms with Crippen LogP contribution < -0.4 is 5.32 Å². The first kappa shape index (κ1) is 18.3. The maximum Gasteiger partial charge on any atom is 0.250 e. The zero-order valence-corrected chi connectivity index (χ0v) is 16.4. The number of nitrogens with zero attached hydrogens (tertiary/aromatic N) is 2.